The van der Waals surface area contributed by atoms with E-state index >= 15 is 0 Å². The first-order valence-corrected chi connectivity index (χ1v) is 10.7. The van der Waals surface area contributed by atoms with Crippen LogP contribution < -0.4 is 10.0 Å². The summed E-state index contributed by atoms with van der Waals surface area (Å²) in [5.41, 5.74) is 2.00. The monoisotopic (exact) mass is 366 g/mol. The van der Waals surface area contributed by atoms with Gasteiger partial charge in [0.1, 0.15) is 0 Å². The highest BCUT2D eigenvalue weighted by Crippen LogP contribution is 2.27. The maximum absolute atomic E-state index is 12.2. The van der Waals surface area contributed by atoms with Crippen LogP contribution in [0.5, 0.6) is 0 Å². The van der Waals surface area contributed by atoms with Crippen molar-refractivity contribution in [2.75, 3.05) is 13.1 Å². The lowest BCUT2D eigenvalue weighted by Crippen LogP contribution is -2.34. The second kappa shape index (κ2) is 9.34. The number of nitrogens with one attached hydrogen (secondary N) is 2. The minimum atomic E-state index is -3.53. The molecule has 0 saturated heterocycles. The molecule has 0 heterocycles. The standard InChI is InChI=1S/C19H30N2O3S/c1-15-8-10-18(14-16(15)2)25(23,24)21-13-12-20-19(22)11-9-17-6-4-3-5-7-17/h8,10,14,17,21H,3-7,9,11-13H2,1-2H3,(H,20,22). The molecule has 140 valence electrons. The topological polar surface area (TPSA) is 75.3 Å². The van der Waals surface area contributed by atoms with Gasteiger partial charge in [-0.05, 0) is 49.4 Å². The summed E-state index contributed by atoms with van der Waals surface area (Å²) in [6, 6.07) is 5.07. The van der Waals surface area contributed by atoms with Crippen LogP contribution in [0.4, 0.5) is 0 Å². The zero-order chi connectivity index (χ0) is 18.3. The van der Waals surface area contributed by atoms with Crippen LogP contribution in [0.15, 0.2) is 23.1 Å². The molecule has 0 radical (unpaired) electrons. The zero-order valence-corrected chi connectivity index (χ0v) is 16.1. The highest BCUT2D eigenvalue weighted by molar-refractivity contribution is 7.89. The van der Waals surface area contributed by atoms with Crippen molar-refractivity contribution in [3.63, 3.8) is 0 Å². The van der Waals surface area contributed by atoms with E-state index in [0.717, 1.165) is 17.5 Å². The summed E-state index contributed by atoms with van der Waals surface area (Å²) in [5, 5.41) is 2.80. The second-order valence-electron chi connectivity index (χ2n) is 7.04. The highest BCUT2D eigenvalue weighted by Gasteiger charge is 2.16. The molecule has 1 aromatic carbocycles. The number of amides is 1. The number of carbonyl (C=O) groups excluding carboxylic acids is 1. The van der Waals surface area contributed by atoms with Gasteiger partial charge in [0.05, 0.1) is 4.90 Å². The fraction of sp³-hybridized carbons (Fsp3) is 0.632. The molecule has 0 unspecified atom stereocenters. The van der Waals surface area contributed by atoms with Gasteiger partial charge >= 0.3 is 0 Å². The zero-order valence-electron chi connectivity index (χ0n) is 15.3. The van der Waals surface area contributed by atoms with Gasteiger partial charge in [-0.15, -0.1) is 0 Å². The maximum atomic E-state index is 12.2. The lowest BCUT2D eigenvalue weighted by molar-refractivity contribution is -0.121. The van der Waals surface area contributed by atoms with Crippen LogP contribution in [0, 0.1) is 19.8 Å². The molecule has 25 heavy (non-hydrogen) atoms. The smallest absolute Gasteiger partial charge is 0.240 e. The van der Waals surface area contributed by atoms with E-state index in [-0.39, 0.29) is 17.3 Å². The molecule has 1 amide bonds. The van der Waals surface area contributed by atoms with Crippen LogP contribution in [0.2, 0.25) is 0 Å². The predicted molar refractivity (Wildman–Crippen MR) is 99.9 cm³/mol. The largest absolute Gasteiger partial charge is 0.355 e. The van der Waals surface area contributed by atoms with Gasteiger partial charge in [-0.25, -0.2) is 13.1 Å². The van der Waals surface area contributed by atoms with Crippen LogP contribution in [0.25, 0.3) is 0 Å². The van der Waals surface area contributed by atoms with Crippen molar-refractivity contribution in [2.24, 2.45) is 5.92 Å². The van der Waals surface area contributed by atoms with Crippen molar-refractivity contribution < 1.29 is 13.2 Å². The molecule has 6 heteroatoms. The summed E-state index contributed by atoms with van der Waals surface area (Å²) in [7, 11) is -3.53. The van der Waals surface area contributed by atoms with E-state index < -0.39 is 10.0 Å². The third-order valence-corrected chi connectivity index (χ3v) is 6.49. The molecule has 1 fully saturated rings. The molecule has 2 N–H and O–H groups in total. The molecule has 1 aliphatic rings. The van der Waals surface area contributed by atoms with Crippen molar-refractivity contribution in [2.45, 2.75) is 63.7 Å². The van der Waals surface area contributed by atoms with Gasteiger partial charge in [0.25, 0.3) is 0 Å². The molecule has 1 aromatic rings. The minimum absolute atomic E-state index is 0.0101. The Morgan fingerprint density at radius 3 is 2.48 bits per heavy atom. The maximum Gasteiger partial charge on any atom is 0.240 e. The lowest BCUT2D eigenvalue weighted by Gasteiger charge is -2.21. The Bertz CT molecular complexity index is 680. The van der Waals surface area contributed by atoms with Gasteiger partial charge in [-0.3, -0.25) is 4.79 Å². The SMILES string of the molecule is Cc1ccc(S(=O)(=O)NCCNC(=O)CCC2CCCCC2)cc1C. The molecule has 5 nitrogen and oxygen atoms in total. The third-order valence-electron chi connectivity index (χ3n) is 5.03. The molecular weight excluding hydrogens is 336 g/mol. The van der Waals surface area contributed by atoms with E-state index in [9.17, 15) is 13.2 Å². The Hall–Kier alpha value is -1.40. The fourth-order valence-corrected chi connectivity index (χ4v) is 4.37. The third kappa shape index (κ3) is 6.44. The van der Waals surface area contributed by atoms with Crippen LogP contribution in [-0.4, -0.2) is 27.4 Å². The lowest BCUT2D eigenvalue weighted by atomic mass is 9.86. The van der Waals surface area contributed by atoms with E-state index in [1.165, 1.54) is 32.1 Å². The quantitative estimate of drug-likeness (QED) is 0.694. The summed E-state index contributed by atoms with van der Waals surface area (Å²) in [6.07, 6.45) is 7.85. The van der Waals surface area contributed by atoms with Gasteiger partial charge in [-0.2, -0.15) is 0 Å². The predicted octanol–water partition coefficient (Wildman–Crippen LogP) is 3.06. The van der Waals surface area contributed by atoms with Crippen LogP contribution in [0.1, 0.15) is 56.1 Å². The normalized spacial score (nSPS) is 15.9. The van der Waals surface area contributed by atoms with Gasteiger partial charge in [0.15, 0.2) is 0 Å². The van der Waals surface area contributed by atoms with E-state index in [1.54, 1.807) is 18.2 Å². The summed E-state index contributed by atoms with van der Waals surface area (Å²) >= 11 is 0. The molecule has 0 aliphatic heterocycles. The number of benzene rings is 1. The number of sulfonamides is 1. The Balaban J connectivity index is 1.68. The molecule has 0 aromatic heterocycles. The molecule has 1 aliphatic carbocycles. The minimum Gasteiger partial charge on any atom is -0.355 e. The van der Waals surface area contributed by atoms with Gasteiger partial charge in [-0.1, -0.05) is 38.2 Å². The first-order valence-electron chi connectivity index (χ1n) is 9.22. The highest BCUT2D eigenvalue weighted by atomic mass is 32.2. The summed E-state index contributed by atoms with van der Waals surface area (Å²) < 4.78 is 27.0. The van der Waals surface area contributed by atoms with Gasteiger partial charge in [0, 0.05) is 19.5 Å². The summed E-state index contributed by atoms with van der Waals surface area (Å²) in [6.45, 7) is 4.35. The number of carbonyl (C=O) groups is 1. The van der Waals surface area contributed by atoms with Crippen LogP contribution >= 0.6 is 0 Å². The molecule has 1 saturated carbocycles. The fourth-order valence-electron chi connectivity index (χ4n) is 3.25. The summed E-state index contributed by atoms with van der Waals surface area (Å²) in [4.78, 5) is 12.1. The van der Waals surface area contributed by atoms with E-state index in [1.807, 2.05) is 13.8 Å². The Morgan fingerprint density at radius 2 is 1.80 bits per heavy atom. The number of aryl methyl sites for hydroxylation is 2. The molecule has 0 atom stereocenters. The average Bonchev–Trinajstić information content (AvgIpc) is 2.60. The van der Waals surface area contributed by atoms with Gasteiger partial charge in [0.2, 0.25) is 15.9 Å². The van der Waals surface area contributed by atoms with Crippen LogP contribution in [0.3, 0.4) is 0 Å². The van der Waals surface area contributed by atoms with Gasteiger partial charge < -0.3 is 5.32 Å². The van der Waals surface area contributed by atoms with Crippen molar-refractivity contribution in [3.05, 3.63) is 29.3 Å². The molecule has 0 bridgehead atoms. The van der Waals surface area contributed by atoms with Crippen molar-refractivity contribution in [1.29, 1.82) is 0 Å². The average molecular weight is 367 g/mol. The summed E-state index contributed by atoms with van der Waals surface area (Å²) in [5.74, 6) is 0.693. The van der Waals surface area contributed by atoms with E-state index in [0.29, 0.717) is 18.9 Å². The number of hydrogen-bond donors (Lipinski definition) is 2. The molecule has 2 rings (SSSR count). The second-order valence-corrected chi connectivity index (χ2v) is 8.80. The molecular formula is C19H30N2O3S. The Labute approximate surface area is 151 Å². The van der Waals surface area contributed by atoms with E-state index in [4.69, 9.17) is 0 Å². The number of hydrogen-bond acceptors (Lipinski definition) is 3. The molecule has 0 spiro atoms. The Kier molecular flexibility index (Phi) is 7.44. The van der Waals surface area contributed by atoms with Crippen molar-refractivity contribution in [1.82, 2.24) is 10.0 Å². The number of rotatable bonds is 8. The van der Waals surface area contributed by atoms with E-state index in [2.05, 4.69) is 10.0 Å². The first kappa shape index (κ1) is 19.9. The van der Waals surface area contributed by atoms with Crippen LogP contribution in [-0.2, 0) is 14.8 Å². The van der Waals surface area contributed by atoms with Crippen molar-refractivity contribution >= 4 is 15.9 Å². The Morgan fingerprint density at radius 1 is 1.08 bits per heavy atom. The van der Waals surface area contributed by atoms with Crippen molar-refractivity contribution in [3.8, 4) is 0 Å². The first-order chi connectivity index (χ1) is 11.9.